The third kappa shape index (κ3) is 3.41. The third-order valence-corrected chi connectivity index (χ3v) is 3.42. The Morgan fingerprint density at radius 2 is 2.07 bits per heavy atom. The Labute approximate surface area is 91.6 Å². The lowest BCUT2D eigenvalue weighted by atomic mass is 10.2. The molecule has 0 bridgehead atoms. The molecule has 0 aromatic heterocycles. The van der Waals surface area contributed by atoms with Crippen LogP contribution >= 0.6 is 0 Å². The maximum Gasteiger partial charge on any atom is 0.0693 e. The van der Waals surface area contributed by atoms with Crippen LogP contribution in [0.5, 0.6) is 0 Å². The lowest BCUT2D eigenvalue weighted by molar-refractivity contribution is 0.0374. The van der Waals surface area contributed by atoms with E-state index in [-0.39, 0.29) is 6.10 Å². The van der Waals surface area contributed by atoms with Crippen molar-refractivity contribution in [2.75, 3.05) is 39.4 Å². The predicted molar refractivity (Wildman–Crippen MR) is 58.9 cm³/mol. The second-order valence-electron chi connectivity index (χ2n) is 4.51. The van der Waals surface area contributed by atoms with Gasteiger partial charge in [-0.2, -0.15) is 0 Å². The molecule has 88 valence electrons. The van der Waals surface area contributed by atoms with Gasteiger partial charge in [0.2, 0.25) is 0 Å². The molecule has 2 N–H and O–H groups in total. The van der Waals surface area contributed by atoms with Crippen molar-refractivity contribution in [3.05, 3.63) is 0 Å². The minimum atomic E-state index is -0.116. The highest BCUT2D eigenvalue weighted by Crippen LogP contribution is 2.18. The summed E-state index contributed by atoms with van der Waals surface area (Å²) in [4.78, 5) is 2.41. The van der Waals surface area contributed by atoms with Gasteiger partial charge in [0.05, 0.1) is 19.3 Å². The Morgan fingerprint density at radius 1 is 1.27 bits per heavy atom. The molecule has 15 heavy (non-hydrogen) atoms. The van der Waals surface area contributed by atoms with Crippen LogP contribution in [0.3, 0.4) is 0 Å². The topological polar surface area (TPSA) is 44.7 Å². The highest BCUT2D eigenvalue weighted by Gasteiger charge is 2.24. The van der Waals surface area contributed by atoms with Gasteiger partial charge in [0.25, 0.3) is 0 Å². The third-order valence-electron chi connectivity index (χ3n) is 3.42. The first-order valence-electron chi connectivity index (χ1n) is 6.08. The van der Waals surface area contributed by atoms with E-state index >= 15 is 0 Å². The Bertz CT molecular complexity index is 183. The van der Waals surface area contributed by atoms with Crippen LogP contribution in [-0.2, 0) is 4.74 Å². The molecule has 2 fully saturated rings. The predicted octanol–water partition coefficient (Wildman–Crippen LogP) is -0.178. The maximum absolute atomic E-state index is 9.63. The van der Waals surface area contributed by atoms with Crippen LogP contribution in [0.1, 0.15) is 19.3 Å². The van der Waals surface area contributed by atoms with E-state index in [1.165, 1.54) is 0 Å². The smallest absolute Gasteiger partial charge is 0.0693 e. The molecule has 4 heteroatoms. The summed E-state index contributed by atoms with van der Waals surface area (Å²) in [5.74, 6) is 0. The Morgan fingerprint density at radius 3 is 2.73 bits per heavy atom. The maximum atomic E-state index is 9.63. The molecule has 1 aliphatic carbocycles. The van der Waals surface area contributed by atoms with Crippen LogP contribution in [0.4, 0.5) is 0 Å². The lowest BCUT2D eigenvalue weighted by Crippen LogP contribution is -2.44. The number of ether oxygens (including phenoxy) is 1. The number of nitrogens with one attached hydrogen (secondary N) is 1. The molecule has 4 nitrogen and oxygen atoms in total. The SMILES string of the molecule is O[C@@H]1CCC[C@H]1NCCN1CCOCC1. The quantitative estimate of drug-likeness (QED) is 0.681. The van der Waals surface area contributed by atoms with Crippen molar-refractivity contribution in [3.63, 3.8) is 0 Å². The zero-order chi connectivity index (χ0) is 10.5. The number of hydrogen-bond donors (Lipinski definition) is 2. The normalized spacial score (nSPS) is 33.4. The van der Waals surface area contributed by atoms with Crippen LogP contribution < -0.4 is 5.32 Å². The van der Waals surface area contributed by atoms with E-state index in [1.54, 1.807) is 0 Å². The molecule has 1 heterocycles. The van der Waals surface area contributed by atoms with Gasteiger partial charge in [0, 0.05) is 32.2 Å². The van der Waals surface area contributed by atoms with Gasteiger partial charge in [0.1, 0.15) is 0 Å². The number of nitrogens with zero attached hydrogens (tertiary/aromatic N) is 1. The Hall–Kier alpha value is -0.160. The average molecular weight is 214 g/mol. The summed E-state index contributed by atoms with van der Waals surface area (Å²) in [5.41, 5.74) is 0. The second-order valence-corrected chi connectivity index (χ2v) is 4.51. The van der Waals surface area contributed by atoms with Crippen molar-refractivity contribution >= 4 is 0 Å². The first-order valence-corrected chi connectivity index (χ1v) is 6.08. The lowest BCUT2D eigenvalue weighted by Gasteiger charge is -2.27. The summed E-state index contributed by atoms with van der Waals surface area (Å²) in [5, 5.41) is 13.1. The van der Waals surface area contributed by atoms with Crippen LogP contribution in [0.2, 0.25) is 0 Å². The highest BCUT2D eigenvalue weighted by molar-refractivity contribution is 4.82. The summed E-state index contributed by atoms with van der Waals surface area (Å²) in [6.07, 6.45) is 3.14. The van der Waals surface area contributed by atoms with Crippen molar-refractivity contribution < 1.29 is 9.84 Å². The molecule has 0 radical (unpaired) electrons. The number of rotatable bonds is 4. The monoisotopic (exact) mass is 214 g/mol. The summed E-state index contributed by atoms with van der Waals surface area (Å²) < 4.78 is 5.29. The molecule has 1 aliphatic heterocycles. The number of aliphatic hydroxyl groups excluding tert-OH is 1. The molecule has 0 amide bonds. The van der Waals surface area contributed by atoms with E-state index in [0.717, 1.165) is 58.7 Å². The van der Waals surface area contributed by atoms with Gasteiger partial charge < -0.3 is 15.2 Å². The Balaban J connectivity index is 1.57. The van der Waals surface area contributed by atoms with Crippen LogP contribution in [0.15, 0.2) is 0 Å². The minimum Gasteiger partial charge on any atom is -0.392 e. The molecule has 0 unspecified atom stereocenters. The van der Waals surface area contributed by atoms with Crippen LogP contribution in [0, 0.1) is 0 Å². The summed E-state index contributed by atoms with van der Waals surface area (Å²) in [7, 11) is 0. The van der Waals surface area contributed by atoms with Gasteiger partial charge in [-0.05, 0) is 19.3 Å². The van der Waals surface area contributed by atoms with Crippen LogP contribution in [-0.4, -0.2) is 61.5 Å². The molecular weight excluding hydrogens is 192 g/mol. The Kier molecular flexibility index (Phi) is 4.38. The van der Waals surface area contributed by atoms with E-state index in [0.29, 0.717) is 6.04 Å². The van der Waals surface area contributed by atoms with E-state index in [9.17, 15) is 5.11 Å². The van der Waals surface area contributed by atoms with Gasteiger partial charge in [0.15, 0.2) is 0 Å². The molecule has 2 aliphatic rings. The fourth-order valence-electron chi connectivity index (χ4n) is 2.41. The molecule has 0 spiro atoms. The van der Waals surface area contributed by atoms with Gasteiger partial charge in [-0.15, -0.1) is 0 Å². The zero-order valence-corrected chi connectivity index (χ0v) is 9.32. The molecule has 1 saturated carbocycles. The van der Waals surface area contributed by atoms with E-state index < -0.39 is 0 Å². The number of morpholine rings is 1. The first-order chi connectivity index (χ1) is 7.36. The van der Waals surface area contributed by atoms with Crippen LogP contribution in [0.25, 0.3) is 0 Å². The van der Waals surface area contributed by atoms with Gasteiger partial charge in [-0.1, -0.05) is 0 Å². The van der Waals surface area contributed by atoms with E-state index in [2.05, 4.69) is 10.2 Å². The molecule has 2 rings (SSSR count). The fourth-order valence-corrected chi connectivity index (χ4v) is 2.41. The van der Waals surface area contributed by atoms with Crippen molar-refractivity contribution in [1.82, 2.24) is 10.2 Å². The first kappa shape index (κ1) is 11.3. The standard InChI is InChI=1S/C11H22N2O2/c14-11-3-1-2-10(11)12-4-5-13-6-8-15-9-7-13/h10-12,14H,1-9H2/t10-,11-/m1/s1. The van der Waals surface area contributed by atoms with Gasteiger partial charge in [-0.25, -0.2) is 0 Å². The van der Waals surface area contributed by atoms with Crippen molar-refractivity contribution in [1.29, 1.82) is 0 Å². The summed E-state index contributed by atoms with van der Waals surface area (Å²) >= 11 is 0. The average Bonchev–Trinajstić information content (AvgIpc) is 2.66. The minimum absolute atomic E-state index is 0.116. The largest absolute Gasteiger partial charge is 0.392 e. The summed E-state index contributed by atoms with van der Waals surface area (Å²) in [6, 6.07) is 0.339. The molecule has 2 atom stereocenters. The fraction of sp³-hybridized carbons (Fsp3) is 1.00. The van der Waals surface area contributed by atoms with E-state index in [4.69, 9.17) is 4.74 Å². The van der Waals surface area contributed by atoms with E-state index in [1.807, 2.05) is 0 Å². The van der Waals surface area contributed by atoms with Gasteiger partial charge >= 0.3 is 0 Å². The zero-order valence-electron chi connectivity index (χ0n) is 9.32. The number of hydrogen-bond acceptors (Lipinski definition) is 4. The molecular formula is C11H22N2O2. The second kappa shape index (κ2) is 5.80. The van der Waals surface area contributed by atoms with Gasteiger partial charge in [-0.3, -0.25) is 4.90 Å². The molecule has 1 saturated heterocycles. The van der Waals surface area contributed by atoms with Crippen molar-refractivity contribution in [2.24, 2.45) is 0 Å². The molecule has 0 aromatic rings. The van der Waals surface area contributed by atoms with Crippen molar-refractivity contribution in [3.8, 4) is 0 Å². The van der Waals surface area contributed by atoms with Crippen molar-refractivity contribution in [2.45, 2.75) is 31.4 Å². The summed E-state index contributed by atoms with van der Waals surface area (Å²) in [6.45, 7) is 5.90. The number of aliphatic hydroxyl groups is 1. The highest BCUT2D eigenvalue weighted by atomic mass is 16.5. The molecule has 0 aromatic carbocycles.